The van der Waals surface area contributed by atoms with E-state index in [9.17, 15) is 14.7 Å². The number of nitrogens with zero attached hydrogens (tertiary/aromatic N) is 1. The number of carboxylic acid groups (broad SMARTS) is 1. The Morgan fingerprint density at radius 3 is 2.14 bits per heavy atom. The van der Waals surface area contributed by atoms with E-state index in [0.717, 1.165) is 11.1 Å². The number of rotatable bonds is 11. The minimum atomic E-state index is -1.04. The summed E-state index contributed by atoms with van der Waals surface area (Å²) in [5.74, 6) is -1.44. The normalized spacial score (nSPS) is 12.9. The largest absolute Gasteiger partial charge is 0.480 e. The van der Waals surface area contributed by atoms with Gasteiger partial charge in [0.25, 0.3) is 0 Å². The molecule has 2 aromatic carbocycles. The molecule has 0 heterocycles. The van der Waals surface area contributed by atoms with E-state index in [4.69, 9.17) is 10.5 Å². The van der Waals surface area contributed by atoms with E-state index in [1.807, 2.05) is 67.6 Å². The topological polar surface area (TPSA) is 92.9 Å². The summed E-state index contributed by atoms with van der Waals surface area (Å²) in [5.41, 5.74) is 7.88. The lowest BCUT2D eigenvalue weighted by Gasteiger charge is -2.31. The number of hydrogen-bond donors (Lipinski definition) is 2. The van der Waals surface area contributed by atoms with Crippen molar-refractivity contribution in [1.29, 1.82) is 0 Å². The van der Waals surface area contributed by atoms with Crippen LogP contribution >= 0.6 is 0 Å². The van der Waals surface area contributed by atoms with Crippen LogP contribution in [-0.2, 0) is 27.4 Å². The quantitative estimate of drug-likeness (QED) is 0.621. The Balaban J connectivity index is 2.01. The lowest BCUT2D eigenvalue weighted by Crippen LogP contribution is -2.53. The Labute approximate surface area is 165 Å². The van der Waals surface area contributed by atoms with Crippen LogP contribution in [0.15, 0.2) is 60.7 Å². The molecule has 28 heavy (non-hydrogen) atoms. The molecule has 0 fully saturated rings. The molecule has 0 saturated heterocycles. The number of hydrogen-bond acceptors (Lipinski definition) is 4. The van der Waals surface area contributed by atoms with E-state index in [2.05, 4.69) is 0 Å². The number of carbonyl (C=O) groups excluding carboxylic acids is 1. The van der Waals surface area contributed by atoms with E-state index in [1.54, 1.807) is 0 Å². The molecule has 150 valence electrons. The maximum Gasteiger partial charge on any atom is 0.326 e. The van der Waals surface area contributed by atoms with Crippen LogP contribution in [0.5, 0.6) is 0 Å². The Kier molecular flexibility index (Phi) is 8.65. The minimum Gasteiger partial charge on any atom is -0.480 e. The zero-order chi connectivity index (χ0) is 20.4. The van der Waals surface area contributed by atoms with E-state index in [-0.39, 0.29) is 13.0 Å². The average Bonchev–Trinajstić information content (AvgIpc) is 2.71. The van der Waals surface area contributed by atoms with Gasteiger partial charge in [-0.2, -0.15) is 0 Å². The number of aliphatic carboxylic acids is 1. The fourth-order valence-corrected chi connectivity index (χ4v) is 2.99. The molecule has 0 spiro atoms. The van der Waals surface area contributed by atoms with Gasteiger partial charge in [-0.3, -0.25) is 4.79 Å². The van der Waals surface area contributed by atoms with Crippen LogP contribution < -0.4 is 5.73 Å². The van der Waals surface area contributed by atoms with Crippen molar-refractivity contribution in [3.05, 3.63) is 71.8 Å². The summed E-state index contributed by atoms with van der Waals surface area (Å²) in [4.78, 5) is 26.1. The Morgan fingerprint density at radius 1 is 1.04 bits per heavy atom. The van der Waals surface area contributed by atoms with Gasteiger partial charge < -0.3 is 20.5 Å². The SMILES string of the molecule is CCCN(C(=O)C(N)COCc1ccccc1)C(Cc1ccccc1)C(=O)O. The number of benzene rings is 2. The fraction of sp³-hybridized carbons (Fsp3) is 0.364. The van der Waals surface area contributed by atoms with E-state index in [0.29, 0.717) is 19.6 Å². The van der Waals surface area contributed by atoms with Crippen molar-refractivity contribution < 1.29 is 19.4 Å². The van der Waals surface area contributed by atoms with Gasteiger partial charge in [-0.15, -0.1) is 0 Å². The van der Waals surface area contributed by atoms with Gasteiger partial charge in [0.15, 0.2) is 0 Å². The molecule has 0 aliphatic heterocycles. The lowest BCUT2D eigenvalue weighted by molar-refractivity contribution is -0.151. The minimum absolute atomic E-state index is 0.0334. The Hall–Kier alpha value is -2.70. The third-order valence-electron chi connectivity index (χ3n) is 4.41. The predicted octanol–water partition coefficient (Wildman–Crippen LogP) is 2.46. The predicted molar refractivity (Wildman–Crippen MR) is 108 cm³/mol. The molecular weight excluding hydrogens is 356 g/mol. The van der Waals surface area contributed by atoms with Gasteiger partial charge in [-0.1, -0.05) is 67.6 Å². The number of amides is 1. The van der Waals surface area contributed by atoms with Crippen molar-refractivity contribution in [2.24, 2.45) is 5.73 Å². The second-order valence-electron chi connectivity index (χ2n) is 6.68. The Bertz CT molecular complexity index is 737. The van der Waals surface area contributed by atoms with Crippen molar-refractivity contribution in [2.75, 3.05) is 13.2 Å². The van der Waals surface area contributed by atoms with Gasteiger partial charge in [0.1, 0.15) is 12.1 Å². The molecule has 0 bridgehead atoms. The van der Waals surface area contributed by atoms with E-state index in [1.165, 1.54) is 4.90 Å². The molecule has 0 aliphatic rings. The van der Waals surface area contributed by atoms with Crippen molar-refractivity contribution in [1.82, 2.24) is 4.90 Å². The van der Waals surface area contributed by atoms with Gasteiger partial charge in [0.05, 0.1) is 13.2 Å². The van der Waals surface area contributed by atoms with Crippen LogP contribution in [-0.4, -0.2) is 47.1 Å². The molecule has 2 unspecified atom stereocenters. The highest BCUT2D eigenvalue weighted by molar-refractivity contribution is 5.87. The molecule has 0 aliphatic carbocycles. The van der Waals surface area contributed by atoms with Crippen LogP contribution in [0.2, 0.25) is 0 Å². The molecule has 1 amide bonds. The van der Waals surface area contributed by atoms with Gasteiger partial charge in [0, 0.05) is 13.0 Å². The van der Waals surface area contributed by atoms with Gasteiger partial charge in [0.2, 0.25) is 5.91 Å². The number of nitrogens with two attached hydrogens (primary N) is 1. The average molecular weight is 384 g/mol. The molecule has 3 N–H and O–H groups in total. The monoisotopic (exact) mass is 384 g/mol. The molecule has 0 saturated carbocycles. The summed E-state index contributed by atoms with van der Waals surface area (Å²) in [6.07, 6.45) is 0.876. The van der Waals surface area contributed by atoms with E-state index < -0.39 is 24.0 Å². The number of carbonyl (C=O) groups is 2. The second kappa shape index (κ2) is 11.2. The zero-order valence-electron chi connectivity index (χ0n) is 16.2. The van der Waals surface area contributed by atoms with Crippen molar-refractivity contribution >= 4 is 11.9 Å². The zero-order valence-corrected chi connectivity index (χ0v) is 16.2. The first kappa shape index (κ1) is 21.6. The smallest absolute Gasteiger partial charge is 0.326 e. The van der Waals surface area contributed by atoms with Crippen LogP contribution in [0.1, 0.15) is 24.5 Å². The summed E-state index contributed by atoms with van der Waals surface area (Å²) in [7, 11) is 0. The van der Waals surface area contributed by atoms with Crippen LogP contribution in [0.4, 0.5) is 0 Å². The Morgan fingerprint density at radius 2 is 1.61 bits per heavy atom. The molecule has 2 aromatic rings. The summed E-state index contributed by atoms with van der Waals surface area (Å²) >= 11 is 0. The third kappa shape index (κ3) is 6.48. The second-order valence-corrected chi connectivity index (χ2v) is 6.68. The summed E-state index contributed by atoms with van der Waals surface area (Å²) in [6.45, 7) is 2.61. The van der Waals surface area contributed by atoms with Crippen LogP contribution in [0.3, 0.4) is 0 Å². The molecule has 6 heteroatoms. The van der Waals surface area contributed by atoms with Crippen LogP contribution in [0, 0.1) is 0 Å². The molecule has 6 nitrogen and oxygen atoms in total. The maximum absolute atomic E-state index is 12.9. The molecule has 2 rings (SSSR count). The summed E-state index contributed by atoms with van der Waals surface area (Å²) < 4.78 is 5.57. The first-order valence-electron chi connectivity index (χ1n) is 9.47. The number of carboxylic acids is 1. The summed E-state index contributed by atoms with van der Waals surface area (Å²) in [6, 6.07) is 17.0. The van der Waals surface area contributed by atoms with Gasteiger partial charge >= 0.3 is 5.97 Å². The first-order valence-corrected chi connectivity index (χ1v) is 9.47. The highest BCUT2D eigenvalue weighted by Gasteiger charge is 2.32. The van der Waals surface area contributed by atoms with Gasteiger partial charge in [-0.25, -0.2) is 4.79 Å². The van der Waals surface area contributed by atoms with Crippen molar-refractivity contribution in [3.63, 3.8) is 0 Å². The molecule has 0 radical (unpaired) electrons. The standard InChI is InChI=1S/C22H28N2O4/c1-2-13-24(20(22(26)27)14-17-9-5-3-6-10-17)21(25)19(23)16-28-15-18-11-7-4-8-12-18/h3-12,19-20H,2,13-16,23H2,1H3,(H,26,27). The van der Waals surface area contributed by atoms with Gasteiger partial charge in [-0.05, 0) is 17.5 Å². The summed E-state index contributed by atoms with van der Waals surface area (Å²) in [5, 5.41) is 9.72. The maximum atomic E-state index is 12.9. The molecule has 0 aromatic heterocycles. The lowest BCUT2D eigenvalue weighted by atomic mass is 10.0. The molecule has 2 atom stereocenters. The third-order valence-corrected chi connectivity index (χ3v) is 4.41. The molecular formula is C22H28N2O4. The van der Waals surface area contributed by atoms with Crippen LogP contribution in [0.25, 0.3) is 0 Å². The highest BCUT2D eigenvalue weighted by Crippen LogP contribution is 2.12. The van der Waals surface area contributed by atoms with Crippen molar-refractivity contribution in [3.8, 4) is 0 Å². The first-order chi connectivity index (χ1) is 13.5. The fourth-order valence-electron chi connectivity index (χ4n) is 2.99. The van der Waals surface area contributed by atoms with Crippen molar-refractivity contribution in [2.45, 2.75) is 38.5 Å². The number of ether oxygens (including phenoxy) is 1. The van der Waals surface area contributed by atoms with E-state index >= 15 is 0 Å². The highest BCUT2D eigenvalue weighted by atomic mass is 16.5.